The van der Waals surface area contributed by atoms with Gasteiger partial charge in [-0.2, -0.15) is 0 Å². The van der Waals surface area contributed by atoms with E-state index in [1.54, 1.807) is 0 Å². The Hall–Kier alpha value is -1.40. The number of benzene rings is 1. The highest BCUT2D eigenvalue weighted by molar-refractivity contribution is 7.91. The third-order valence-corrected chi connectivity index (χ3v) is 4.76. The average molecular weight is 315 g/mol. The molecule has 1 aromatic rings. The maximum absolute atomic E-state index is 13.1. The summed E-state index contributed by atoms with van der Waals surface area (Å²) >= 11 is 0. The fraction of sp³-hybridized carbons (Fsp3) is 0.467. The minimum atomic E-state index is -3.33. The molecule has 0 unspecified atom stereocenters. The van der Waals surface area contributed by atoms with E-state index in [1.807, 2.05) is 20.8 Å². The molecule has 0 spiro atoms. The van der Waals surface area contributed by atoms with Crippen LogP contribution >= 0.6 is 0 Å². The molecule has 0 saturated heterocycles. The largest absolute Gasteiger partial charge is 0.487 e. The monoisotopic (exact) mass is 315 g/mol. The fourth-order valence-electron chi connectivity index (χ4n) is 1.74. The summed E-state index contributed by atoms with van der Waals surface area (Å²) in [6.45, 7) is 5.50. The molecule has 118 valence electrons. The standard InChI is InChI=1S/C15H22FNO3S/c1-15(2,3)11-21(18,19)14-6-4-13(5-7-14)20-10-12(16)8-9-17/h4-8H,9-11,17H2,1-3H3/b12-8-. The van der Waals surface area contributed by atoms with Crippen molar-refractivity contribution in [3.8, 4) is 5.75 Å². The van der Waals surface area contributed by atoms with Gasteiger partial charge in [0.2, 0.25) is 0 Å². The molecule has 0 amide bonds. The predicted octanol–water partition coefficient (Wildman–Crippen LogP) is 2.70. The summed E-state index contributed by atoms with van der Waals surface area (Å²) in [7, 11) is -3.33. The zero-order chi connectivity index (χ0) is 16.1. The van der Waals surface area contributed by atoms with Crippen LogP contribution in [0.2, 0.25) is 0 Å². The van der Waals surface area contributed by atoms with Crippen LogP contribution in [0.4, 0.5) is 4.39 Å². The predicted molar refractivity (Wildman–Crippen MR) is 81.7 cm³/mol. The Morgan fingerprint density at radius 1 is 1.29 bits per heavy atom. The Balaban J connectivity index is 2.76. The smallest absolute Gasteiger partial charge is 0.178 e. The lowest BCUT2D eigenvalue weighted by Crippen LogP contribution is -2.20. The van der Waals surface area contributed by atoms with E-state index in [0.717, 1.165) is 0 Å². The topological polar surface area (TPSA) is 69.4 Å². The van der Waals surface area contributed by atoms with Gasteiger partial charge in [-0.1, -0.05) is 20.8 Å². The van der Waals surface area contributed by atoms with Gasteiger partial charge in [0.05, 0.1) is 10.6 Å². The summed E-state index contributed by atoms with van der Waals surface area (Å²) in [6.07, 6.45) is 1.22. The van der Waals surface area contributed by atoms with E-state index >= 15 is 0 Å². The van der Waals surface area contributed by atoms with Gasteiger partial charge >= 0.3 is 0 Å². The lowest BCUT2D eigenvalue weighted by atomic mass is 10.0. The molecule has 0 aliphatic rings. The van der Waals surface area contributed by atoms with Gasteiger partial charge in [-0.25, -0.2) is 12.8 Å². The van der Waals surface area contributed by atoms with Crippen molar-refractivity contribution >= 4 is 9.84 Å². The summed E-state index contributed by atoms with van der Waals surface area (Å²) < 4.78 is 42.7. The summed E-state index contributed by atoms with van der Waals surface area (Å²) in [5.41, 5.74) is 4.86. The van der Waals surface area contributed by atoms with Crippen molar-refractivity contribution in [2.75, 3.05) is 18.9 Å². The van der Waals surface area contributed by atoms with Gasteiger partial charge in [0, 0.05) is 6.54 Å². The van der Waals surface area contributed by atoms with Gasteiger partial charge in [-0.3, -0.25) is 0 Å². The first-order valence-corrected chi connectivity index (χ1v) is 8.29. The first-order valence-electron chi connectivity index (χ1n) is 6.64. The maximum Gasteiger partial charge on any atom is 0.178 e. The van der Waals surface area contributed by atoms with E-state index in [1.165, 1.54) is 30.3 Å². The number of hydrogen-bond acceptors (Lipinski definition) is 4. The van der Waals surface area contributed by atoms with E-state index in [4.69, 9.17) is 10.5 Å². The normalized spacial score (nSPS) is 13.3. The van der Waals surface area contributed by atoms with Crippen LogP contribution in [0.25, 0.3) is 0 Å². The van der Waals surface area contributed by atoms with Crippen molar-refractivity contribution < 1.29 is 17.5 Å². The molecule has 1 aromatic carbocycles. The summed E-state index contributed by atoms with van der Waals surface area (Å²) in [5, 5.41) is 0. The highest BCUT2D eigenvalue weighted by Gasteiger charge is 2.23. The zero-order valence-electron chi connectivity index (χ0n) is 12.6. The summed E-state index contributed by atoms with van der Waals surface area (Å²) in [4.78, 5) is 0.239. The molecule has 0 aliphatic carbocycles. The maximum atomic E-state index is 13.1. The second kappa shape index (κ2) is 7.04. The molecule has 0 saturated carbocycles. The quantitative estimate of drug-likeness (QED) is 0.876. The van der Waals surface area contributed by atoms with E-state index < -0.39 is 15.7 Å². The fourth-order valence-corrected chi connectivity index (χ4v) is 3.59. The third-order valence-electron chi connectivity index (χ3n) is 2.52. The lowest BCUT2D eigenvalue weighted by molar-refractivity contribution is 0.318. The van der Waals surface area contributed by atoms with Crippen LogP contribution < -0.4 is 10.5 Å². The Labute approximate surface area is 125 Å². The first-order chi connectivity index (χ1) is 9.64. The highest BCUT2D eigenvalue weighted by Crippen LogP contribution is 2.23. The molecule has 0 aromatic heterocycles. The molecular weight excluding hydrogens is 293 g/mol. The zero-order valence-corrected chi connectivity index (χ0v) is 13.4. The van der Waals surface area contributed by atoms with Gasteiger partial charge in [0.15, 0.2) is 9.84 Å². The van der Waals surface area contributed by atoms with Crippen molar-refractivity contribution in [2.24, 2.45) is 11.1 Å². The van der Waals surface area contributed by atoms with E-state index in [9.17, 15) is 12.8 Å². The molecule has 0 atom stereocenters. The van der Waals surface area contributed by atoms with Gasteiger partial charge < -0.3 is 10.5 Å². The second-order valence-electron chi connectivity index (χ2n) is 5.97. The lowest BCUT2D eigenvalue weighted by Gasteiger charge is -2.18. The van der Waals surface area contributed by atoms with Crippen molar-refractivity contribution in [2.45, 2.75) is 25.7 Å². The molecular formula is C15H22FNO3S. The summed E-state index contributed by atoms with van der Waals surface area (Å²) in [5.74, 6) is 0.0147. The SMILES string of the molecule is CC(C)(C)CS(=O)(=O)c1ccc(OC/C(F)=C/CN)cc1. The van der Waals surface area contributed by atoms with E-state index in [2.05, 4.69) is 0 Å². The average Bonchev–Trinajstić information content (AvgIpc) is 2.34. The van der Waals surface area contributed by atoms with Gasteiger partial charge in [0.1, 0.15) is 18.2 Å². The van der Waals surface area contributed by atoms with Crippen LogP contribution in [0.15, 0.2) is 41.1 Å². The minimum absolute atomic E-state index is 0.0636. The highest BCUT2D eigenvalue weighted by atomic mass is 32.2. The Bertz CT molecular complexity index is 586. The molecule has 4 nitrogen and oxygen atoms in total. The summed E-state index contributed by atoms with van der Waals surface area (Å²) in [6, 6.07) is 5.98. The molecule has 1 rings (SSSR count). The molecule has 0 bridgehead atoms. The number of sulfone groups is 1. The Morgan fingerprint density at radius 3 is 2.33 bits per heavy atom. The Morgan fingerprint density at radius 2 is 1.86 bits per heavy atom. The van der Waals surface area contributed by atoms with Crippen LogP contribution in [0.1, 0.15) is 20.8 Å². The third kappa shape index (κ3) is 6.27. The first kappa shape index (κ1) is 17.7. The molecule has 21 heavy (non-hydrogen) atoms. The minimum Gasteiger partial charge on any atom is -0.487 e. The van der Waals surface area contributed by atoms with Crippen LogP contribution in [0, 0.1) is 5.41 Å². The van der Waals surface area contributed by atoms with Crippen molar-refractivity contribution in [3.63, 3.8) is 0 Å². The molecule has 0 radical (unpaired) electrons. The van der Waals surface area contributed by atoms with E-state index in [0.29, 0.717) is 5.75 Å². The van der Waals surface area contributed by atoms with E-state index in [-0.39, 0.29) is 29.2 Å². The second-order valence-corrected chi connectivity index (χ2v) is 7.96. The van der Waals surface area contributed by atoms with Crippen LogP contribution in [0.5, 0.6) is 5.75 Å². The number of halogens is 1. The van der Waals surface area contributed by atoms with Gasteiger partial charge in [-0.15, -0.1) is 0 Å². The van der Waals surface area contributed by atoms with Crippen molar-refractivity contribution in [1.82, 2.24) is 0 Å². The number of ether oxygens (including phenoxy) is 1. The van der Waals surface area contributed by atoms with Crippen molar-refractivity contribution in [3.05, 3.63) is 36.2 Å². The molecule has 6 heteroatoms. The van der Waals surface area contributed by atoms with Crippen LogP contribution in [-0.2, 0) is 9.84 Å². The van der Waals surface area contributed by atoms with Gasteiger partial charge in [-0.05, 0) is 35.8 Å². The molecule has 2 N–H and O–H groups in total. The number of rotatable bonds is 6. The number of hydrogen-bond donors (Lipinski definition) is 1. The van der Waals surface area contributed by atoms with Crippen molar-refractivity contribution in [1.29, 1.82) is 0 Å². The van der Waals surface area contributed by atoms with Crippen LogP contribution in [-0.4, -0.2) is 27.3 Å². The van der Waals surface area contributed by atoms with Gasteiger partial charge in [0.25, 0.3) is 0 Å². The molecule has 0 aliphatic heterocycles. The van der Waals surface area contributed by atoms with Crippen LogP contribution in [0.3, 0.4) is 0 Å². The Kier molecular flexibility index (Phi) is 5.92. The molecule has 0 heterocycles. The molecule has 0 fully saturated rings. The number of nitrogens with two attached hydrogens (primary N) is 1.